The van der Waals surface area contributed by atoms with Gasteiger partial charge in [-0.1, -0.05) is 4.68 Å². The number of aryl methyl sites for hydroxylation is 1. The first-order valence-corrected chi connectivity index (χ1v) is 6.94. The minimum Gasteiger partial charge on any atom is -0.748 e. The molecule has 0 amide bonds. The van der Waals surface area contributed by atoms with Gasteiger partial charge in [-0.05, 0) is 17.2 Å². The Labute approximate surface area is 109 Å². The van der Waals surface area contributed by atoms with E-state index >= 15 is 0 Å². The number of rotatable bonds is 4. The summed E-state index contributed by atoms with van der Waals surface area (Å²) in [5.74, 6) is -1.01. The van der Waals surface area contributed by atoms with E-state index in [9.17, 15) is 17.4 Å². The van der Waals surface area contributed by atoms with Crippen molar-refractivity contribution in [1.29, 1.82) is 0 Å². The maximum absolute atomic E-state index is 13.5. The van der Waals surface area contributed by atoms with Gasteiger partial charge < -0.3 is 4.55 Å². The molecule has 2 aromatic heterocycles. The van der Waals surface area contributed by atoms with E-state index in [0.717, 1.165) is 0 Å². The van der Waals surface area contributed by atoms with Gasteiger partial charge in [-0.25, -0.2) is 12.8 Å². The maximum Gasteiger partial charge on any atom is 0.197 e. The molecule has 0 fully saturated rings. The lowest BCUT2D eigenvalue weighted by Gasteiger charge is -2.03. The summed E-state index contributed by atoms with van der Waals surface area (Å²) in [4.78, 5) is 3.89. The van der Waals surface area contributed by atoms with Gasteiger partial charge in [-0.3, -0.25) is 4.98 Å². The van der Waals surface area contributed by atoms with Gasteiger partial charge in [-0.15, -0.1) is 0 Å². The standard InChI is InChI=1S/C11H10FN3O3S/c12-10-2-1-4-13-11(10)9-3-5-15(14-8-9)6-7-19(16,17)18/h1-5,8H,6-7H2. The molecule has 0 bridgehead atoms. The minimum atomic E-state index is -4.27. The molecule has 0 atom stereocenters. The minimum absolute atomic E-state index is 0.0448. The van der Waals surface area contributed by atoms with E-state index in [2.05, 4.69) is 10.1 Å². The Kier molecular flexibility index (Phi) is 3.82. The SMILES string of the molecule is O=S(=O)([O-])CC[n+]1ccc(-c2ncccc2F)cn1. The average Bonchev–Trinajstić information content (AvgIpc) is 2.37. The van der Waals surface area contributed by atoms with Gasteiger partial charge in [-0.2, -0.15) is 0 Å². The Balaban J connectivity index is 2.17. The van der Waals surface area contributed by atoms with Crippen LogP contribution in [0.1, 0.15) is 0 Å². The van der Waals surface area contributed by atoms with Crippen molar-refractivity contribution in [1.82, 2.24) is 10.1 Å². The molecule has 6 nitrogen and oxygen atoms in total. The molecule has 0 aromatic carbocycles. The molecule has 0 aliphatic rings. The molecule has 0 radical (unpaired) electrons. The molecule has 0 unspecified atom stereocenters. The number of hydrogen-bond donors (Lipinski definition) is 0. The van der Waals surface area contributed by atoms with Crippen LogP contribution < -0.4 is 4.68 Å². The molecule has 2 rings (SSSR count). The lowest BCUT2D eigenvalue weighted by Crippen LogP contribution is -2.40. The Hall–Kier alpha value is -1.93. The average molecular weight is 283 g/mol. The largest absolute Gasteiger partial charge is 0.748 e. The van der Waals surface area contributed by atoms with Gasteiger partial charge in [0.15, 0.2) is 12.7 Å². The summed E-state index contributed by atoms with van der Waals surface area (Å²) < 4.78 is 46.2. The zero-order chi connectivity index (χ0) is 13.9. The summed E-state index contributed by atoms with van der Waals surface area (Å²) in [6, 6.07) is 4.32. The van der Waals surface area contributed by atoms with E-state index in [1.54, 1.807) is 6.07 Å². The van der Waals surface area contributed by atoms with Crippen molar-refractivity contribution in [3.05, 3.63) is 42.6 Å². The van der Waals surface area contributed by atoms with Crippen LogP contribution in [0.4, 0.5) is 4.39 Å². The Morgan fingerprint density at radius 1 is 1.37 bits per heavy atom. The van der Waals surface area contributed by atoms with Gasteiger partial charge in [0.1, 0.15) is 27.8 Å². The highest BCUT2D eigenvalue weighted by atomic mass is 32.2. The van der Waals surface area contributed by atoms with Crippen LogP contribution in [-0.2, 0) is 16.7 Å². The first kappa shape index (κ1) is 13.5. The fourth-order valence-corrected chi connectivity index (χ4v) is 1.87. The molecule has 0 aliphatic carbocycles. The van der Waals surface area contributed by atoms with Crippen LogP contribution in [0.3, 0.4) is 0 Å². The summed E-state index contributed by atoms with van der Waals surface area (Å²) >= 11 is 0. The molecular weight excluding hydrogens is 273 g/mol. The van der Waals surface area contributed by atoms with Crippen molar-refractivity contribution in [3.8, 4) is 11.3 Å². The number of aromatic nitrogens is 3. The summed E-state index contributed by atoms with van der Waals surface area (Å²) in [6.45, 7) is -0.0448. The zero-order valence-corrected chi connectivity index (χ0v) is 10.5. The molecule has 0 N–H and O–H groups in total. The quantitative estimate of drug-likeness (QED) is 0.587. The van der Waals surface area contributed by atoms with Gasteiger partial charge >= 0.3 is 0 Å². The number of halogens is 1. The van der Waals surface area contributed by atoms with Crippen molar-refractivity contribution < 1.29 is 22.0 Å². The van der Waals surface area contributed by atoms with Crippen LogP contribution in [0.2, 0.25) is 0 Å². The van der Waals surface area contributed by atoms with Gasteiger partial charge in [0.25, 0.3) is 0 Å². The van der Waals surface area contributed by atoms with Crippen LogP contribution in [0.25, 0.3) is 11.3 Å². The molecule has 0 saturated heterocycles. The lowest BCUT2D eigenvalue weighted by atomic mass is 10.2. The first-order valence-electron chi connectivity index (χ1n) is 5.36. The van der Waals surface area contributed by atoms with Crippen LogP contribution in [0.15, 0.2) is 36.8 Å². The summed E-state index contributed by atoms with van der Waals surface area (Å²) in [6.07, 6.45) is 4.29. The Morgan fingerprint density at radius 2 is 2.16 bits per heavy atom. The summed E-state index contributed by atoms with van der Waals surface area (Å²) in [5.41, 5.74) is 0.637. The highest BCUT2D eigenvalue weighted by Crippen LogP contribution is 2.17. The van der Waals surface area contributed by atoms with Gasteiger partial charge in [0.05, 0.1) is 5.75 Å². The van der Waals surface area contributed by atoms with Crippen molar-refractivity contribution in [2.45, 2.75) is 6.54 Å². The number of pyridine rings is 1. The highest BCUT2D eigenvalue weighted by Gasteiger charge is 2.10. The second kappa shape index (κ2) is 5.37. The fraction of sp³-hybridized carbons (Fsp3) is 0.182. The van der Waals surface area contributed by atoms with Crippen molar-refractivity contribution in [2.24, 2.45) is 0 Å². The molecule has 8 heteroatoms. The van der Waals surface area contributed by atoms with Crippen molar-refractivity contribution in [3.63, 3.8) is 0 Å². The fourth-order valence-electron chi connectivity index (χ4n) is 1.46. The van der Waals surface area contributed by atoms with Crippen molar-refractivity contribution in [2.75, 3.05) is 5.75 Å². The van der Waals surface area contributed by atoms with Crippen LogP contribution in [0, 0.1) is 5.82 Å². The lowest BCUT2D eigenvalue weighted by molar-refractivity contribution is -0.750. The second-order valence-corrected chi connectivity index (χ2v) is 5.30. The van der Waals surface area contributed by atoms with Crippen LogP contribution in [-0.4, -0.2) is 28.8 Å². The molecule has 2 heterocycles. The molecular formula is C11H10FN3O3S. The maximum atomic E-state index is 13.5. The molecule has 0 spiro atoms. The zero-order valence-electron chi connectivity index (χ0n) is 9.73. The number of nitrogens with zero attached hydrogens (tertiary/aromatic N) is 3. The van der Waals surface area contributed by atoms with Crippen LogP contribution in [0.5, 0.6) is 0 Å². The first-order chi connectivity index (χ1) is 8.96. The molecule has 2 aromatic rings. The Morgan fingerprint density at radius 3 is 2.74 bits per heavy atom. The molecule has 100 valence electrons. The van der Waals surface area contributed by atoms with Gasteiger partial charge in [0.2, 0.25) is 0 Å². The predicted molar refractivity (Wildman–Crippen MR) is 62.2 cm³/mol. The molecule has 0 aliphatic heterocycles. The van der Waals surface area contributed by atoms with E-state index in [1.165, 1.54) is 35.4 Å². The van der Waals surface area contributed by atoms with E-state index in [0.29, 0.717) is 5.56 Å². The highest BCUT2D eigenvalue weighted by molar-refractivity contribution is 7.85. The molecule has 0 saturated carbocycles. The van der Waals surface area contributed by atoms with E-state index in [4.69, 9.17) is 0 Å². The third-order valence-electron chi connectivity index (χ3n) is 2.37. The van der Waals surface area contributed by atoms with Crippen LogP contribution >= 0.6 is 0 Å². The molecule has 19 heavy (non-hydrogen) atoms. The monoisotopic (exact) mass is 283 g/mol. The predicted octanol–water partition coefficient (Wildman–Crippen LogP) is 0.115. The van der Waals surface area contributed by atoms with Crippen molar-refractivity contribution >= 4 is 10.1 Å². The Bertz CT molecular complexity index is 674. The van der Waals surface area contributed by atoms with E-state index in [-0.39, 0.29) is 12.2 Å². The normalized spacial score (nSPS) is 11.5. The third-order valence-corrected chi connectivity index (χ3v) is 3.06. The topological polar surface area (TPSA) is 86.9 Å². The smallest absolute Gasteiger partial charge is 0.197 e. The van der Waals surface area contributed by atoms with Gasteiger partial charge in [0, 0.05) is 17.8 Å². The number of hydrogen-bond acceptors (Lipinski definition) is 5. The van der Waals surface area contributed by atoms with E-state index < -0.39 is 21.7 Å². The van der Waals surface area contributed by atoms with E-state index in [1.807, 2.05) is 0 Å². The summed E-state index contributed by atoms with van der Waals surface area (Å²) in [5, 5.41) is 3.91. The second-order valence-electron chi connectivity index (χ2n) is 3.77. The summed E-state index contributed by atoms with van der Waals surface area (Å²) in [7, 11) is -4.27. The third kappa shape index (κ3) is 3.76.